The van der Waals surface area contributed by atoms with Gasteiger partial charge in [0, 0.05) is 26.2 Å². The lowest BCUT2D eigenvalue weighted by Gasteiger charge is -2.36. The second-order valence-electron chi connectivity index (χ2n) is 4.72. The minimum Gasteiger partial charge on any atom is -0.390 e. The lowest BCUT2D eigenvalue weighted by Crippen LogP contribution is -2.53. The number of benzene rings is 1. The van der Waals surface area contributed by atoms with E-state index in [9.17, 15) is 9.59 Å². The summed E-state index contributed by atoms with van der Waals surface area (Å²) < 4.78 is 0. The van der Waals surface area contributed by atoms with E-state index in [2.05, 4.69) is 0 Å². The molecule has 2 aliphatic rings. The number of rotatable bonds is 3. The maximum absolute atomic E-state index is 12.0. The van der Waals surface area contributed by atoms with Gasteiger partial charge in [-0.2, -0.15) is 0 Å². The molecule has 94 valence electrons. The van der Waals surface area contributed by atoms with Gasteiger partial charge in [-0.1, -0.05) is 12.1 Å². The van der Waals surface area contributed by atoms with Crippen molar-refractivity contribution in [1.29, 1.82) is 0 Å². The molecule has 5 nitrogen and oxygen atoms in total. The molecule has 1 N–H and O–H groups in total. The van der Waals surface area contributed by atoms with Gasteiger partial charge in [-0.25, -0.2) is 0 Å². The maximum Gasteiger partial charge on any atom is 0.261 e. The van der Waals surface area contributed by atoms with E-state index in [0.29, 0.717) is 37.3 Å². The van der Waals surface area contributed by atoms with Crippen molar-refractivity contribution in [2.75, 3.05) is 26.2 Å². The van der Waals surface area contributed by atoms with E-state index in [1.54, 1.807) is 24.3 Å². The molecule has 0 aliphatic carbocycles. The average Bonchev–Trinajstić information content (AvgIpc) is 2.58. The van der Waals surface area contributed by atoms with Crippen LogP contribution in [0, 0.1) is 0 Å². The molecule has 0 bridgehead atoms. The Kier molecular flexibility index (Phi) is 2.65. The van der Waals surface area contributed by atoms with Crippen LogP contribution in [0.5, 0.6) is 0 Å². The lowest BCUT2D eigenvalue weighted by molar-refractivity contribution is -0.000908. The van der Waals surface area contributed by atoms with Gasteiger partial charge < -0.3 is 5.11 Å². The van der Waals surface area contributed by atoms with Gasteiger partial charge in [0.15, 0.2) is 0 Å². The fourth-order valence-corrected chi connectivity index (χ4v) is 2.41. The summed E-state index contributed by atoms with van der Waals surface area (Å²) in [5.74, 6) is -0.423. The Hall–Kier alpha value is -1.72. The number of hydrogen-bond donors (Lipinski definition) is 1. The van der Waals surface area contributed by atoms with E-state index < -0.39 is 0 Å². The summed E-state index contributed by atoms with van der Waals surface area (Å²) in [5.41, 5.74) is 0.984. The third-order valence-corrected chi connectivity index (χ3v) is 3.46. The molecule has 3 rings (SSSR count). The molecule has 1 aromatic rings. The van der Waals surface area contributed by atoms with Crippen molar-refractivity contribution in [1.82, 2.24) is 9.80 Å². The van der Waals surface area contributed by atoms with Crippen LogP contribution in [-0.4, -0.2) is 59.0 Å². The molecule has 0 atom stereocenters. The monoisotopic (exact) mass is 246 g/mol. The molecular weight excluding hydrogens is 232 g/mol. The summed E-state index contributed by atoms with van der Waals surface area (Å²) in [6.45, 7) is 2.27. The summed E-state index contributed by atoms with van der Waals surface area (Å²) in [6.07, 6.45) is -0.257. The number of amides is 2. The molecule has 0 radical (unpaired) electrons. The van der Waals surface area contributed by atoms with Gasteiger partial charge in [0.25, 0.3) is 11.8 Å². The molecule has 0 unspecified atom stereocenters. The number of aliphatic hydroxyl groups is 1. The first-order chi connectivity index (χ1) is 8.66. The van der Waals surface area contributed by atoms with Gasteiger partial charge in [-0.05, 0) is 12.1 Å². The Morgan fingerprint density at radius 2 is 1.61 bits per heavy atom. The van der Waals surface area contributed by atoms with E-state index in [4.69, 9.17) is 5.11 Å². The first-order valence-electron chi connectivity index (χ1n) is 6.02. The predicted molar refractivity (Wildman–Crippen MR) is 64.3 cm³/mol. The molecule has 0 spiro atoms. The number of nitrogens with zero attached hydrogens (tertiary/aromatic N) is 2. The van der Waals surface area contributed by atoms with Crippen molar-refractivity contribution in [3.05, 3.63) is 35.4 Å². The van der Waals surface area contributed by atoms with Crippen LogP contribution >= 0.6 is 0 Å². The van der Waals surface area contributed by atoms with Gasteiger partial charge in [-0.15, -0.1) is 0 Å². The second-order valence-corrected chi connectivity index (χ2v) is 4.72. The van der Waals surface area contributed by atoms with Crippen LogP contribution in [-0.2, 0) is 0 Å². The van der Waals surface area contributed by atoms with E-state index in [-0.39, 0.29) is 17.9 Å². The number of carbonyl (C=O) groups excluding carboxylic acids is 2. The smallest absolute Gasteiger partial charge is 0.261 e. The zero-order valence-electron chi connectivity index (χ0n) is 9.87. The molecule has 0 aromatic heterocycles. The molecule has 2 heterocycles. The van der Waals surface area contributed by atoms with Crippen molar-refractivity contribution < 1.29 is 14.7 Å². The van der Waals surface area contributed by atoms with Crippen LogP contribution in [0.2, 0.25) is 0 Å². The fourth-order valence-electron chi connectivity index (χ4n) is 2.41. The van der Waals surface area contributed by atoms with Crippen LogP contribution in [0.1, 0.15) is 20.7 Å². The summed E-state index contributed by atoms with van der Waals surface area (Å²) in [5, 5.41) is 9.17. The van der Waals surface area contributed by atoms with Gasteiger partial charge in [0.1, 0.15) is 0 Å². The summed E-state index contributed by atoms with van der Waals surface area (Å²) in [7, 11) is 0. The summed E-state index contributed by atoms with van der Waals surface area (Å²) in [4.78, 5) is 27.4. The molecule has 2 amide bonds. The molecule has 18 heavy (non-hydrogen) atoms. The Bertz CT molecular complexity index is 474. The topological polar surface area (TPSA) is 60.9 Å². The first kappa shape index (κ1) is 11.4. The average molecular weight is 246 g/mol. The van der Waals surface area contributed by atoms with Crippen molar-refractivity contribution in [2.45, 2.75) is 6.10 Å². The Morgan fingerprint density at radius 3 is 2.11 bits per heavy atom. The van der Waals surface area contributed by atoms with Crippen molar-refractivity contribution in [3.8, 4) is 0 Å². The molecule has 0 saturated carbocycles. The molecule has 1 saturated heterocycles. The SMILES string of the molecule is O=C1c2ccccc2C(=O)N1CCN1CC(O)C1. The van der Waals surface area contributed by atoms with E-state index in [1.807, 2.05) is 4.90 Å². The fraction of sp³-hybridized carbons (Fsp3) is 0.385. The largest absolute Gasteiger partial charge is 0.390 e. The first-order valence-corrected chi connectivity index (χ1v) is 6.02. The van der Waals surface area contributed by atoms with E-state index in [0.717, 1.165) is 0 Å². The van der Waals surface area contributed by atoms with Crippen LogP contribution in [0.25, 0.3) is 0 Å². The molecule has 5 heteroatoms. The Balaban J connectivity index is 1.68. The third kappa shape index (κ3) is 1.72. The van der Waals surface area contributed by atoms with Crippen molar-refractivity contribution >= 4 is 11.8 Å². The summed E-state index contributed by atoms with van der Waals surface area (Å²) >= 11 is 0. The molecular formula is C13H14N2O3. The molecule has 1 fully saturated rings. The Morgan fingerprint density at radius 1 is 1.06 bits per heavy atom. The van der Waals surface area contributed by atoms with Crippen LogP contribution in [0.3, 0.4) is 0 Å². The lowest BCUT2D eigenvalue weighted by atomic mass is 10.1. The zero-order valence-corrected chi connectivity index (χ0v) is 9.87. The zero-order chi connectivity index (χ0) is 12.7. The van der Waals surface area contributed by atoms with Gasteiger partial charge in [-0.3, -0.25) is 19.4 Å². The highest BCUT2D eigenvalue weighted by molar-refractivity contribution is 6.21. The minimum absolute atomic E-state index is 0.211. The van der Waals surface area contributed by atoms with E-state index in [1.165, 1.54) is 4.90 Å². The van der Waals surface area contributed by atoms with E-state index >= 15 is 0 Å². The number of carbonyl (C=O) groups is 2. The number of aliphatic hydroxyl groups excluding tert-OH is 1. The standard InChI is InChI=1S/C13H14N2O3/c16-9-7-14(8-9)5-6-15-12(17)10-3-1-2-4-11(10)13(15)18/h1-4,9,16H,5-8H2. The van der Waals surface area contributed by atoms with Gasteiger partial charge >= 0.3 is 0 Å². The Labute approximate surface area is 105 Å². The highest BCUT2D eigenvalue weighted by Gasteiger charge is 2.35. The molecule has 2 aliphatic heterocycles. The van der Waals surface area contributed by atoms with Crippen LogP contribution < -0.4 is 0 Å². The second kappa shape index (κ2) is 4.19. The normalized spacial score (nSPS) is 20.2. The highest BCUT2D eigenvalue weighted by Crippen LogP contribution is 2.22. The minimum atomic E-state index is -0.257. The summed E-state index contributed by atoms with van der Waals surface area (Å²) in [6, 6.07) is 6.89. The quantitative estimate of drug-likeness (QED) is 0.760. The third-order valence-electron chi connectivity index (χ3n) is 3.46. The number of likely N-dealkylation sites (tertiary alicyclic amines) is 1. The number of β-amino-alcohol motifs (C(OH)–C–C–N with tert-alkyl or cyclic N) is 1. The number of hydrogen-bond acceptors (Lipinski definition) is 4. The number of imide groups is 1. The maximum atomic E-state index is 12.0. The van der Waals surface area contributed by atoms with Crippen molar-refractivity contribution in [3.63, 3.8) is 0 Å². The van der Waals surface area contributed by atoms with Crippen LogP contribution in [0.4, 0.5) is 0 Å². The van der Waals surface area contributed by atoms with Gasteiger partial charge in [0.05, 0.1) is 17.2 Å². The van der Waals surface area contributed by atoms with Gasteiger partial charge in [0.2, 0.25) is 0 Å². The van der Waals surface area contributed by atoms with Crippen LogP contribution in [0.15, 0.2) is 24.3 Å². The predicted octanol–water partition coefficient (Wildman–Crippen LogP) is -0.0409. The molecule has 1 aromatic carbocycles. The van der Waals surface area contributed by atoms with Crippen molar-refractivity contribution in [2.24, 2.45) is 0 Å². The number of fused-ring (bicyclic) bond motifs is 1. The highest BCUT2D eigenvalue weighted by atomic mass is 16.3.